The average Bonchev–Trinajstić information content (AvgIpc) is 3.34. The van der Waals surface area contributed by atoms with Gasteiger partial charge in [-0.1, -0.05) is 0 Å². The van der Waals surface area contributed by atoms with E-state index in [1.165, 1.54) is 16.9 Å². The highest BCUT2D eigenvalue weighted by molar-refractivity contribution is 6.02. The predicted octanol–water partition coefficient (Wildman–Crippen LogP) is 3.93. The van der Waals surface area contributed by atoms with Crippen LogP contribution in [0.25, 0.3) is 27.7 Å². The Bertz CT molecular complexity index is 1320. The summed E-state index contributed by atoms with van der Waals surface area (Å²) in [7, 11) is 0. The van der Waals surface area contributed by atoms with Gasteiger partial charge in [0.2, 0.25) is 5.95 Å². The van der Waals surface area contributed by atoms with Crippen LogP contribution < -0.4 is 10.6 Å². The van der Waals surface area contributed by atoms with Crippen LogP contribution in [0.2, 0.25) is 0 Å². The van der Waals surface area contributed by atoms with E-state index in [0.717, 1.165) is 13.1 Å². The Hall–Kier alpha value is -3.84. The molecule has 0 aliphatic heterocycles. The van der Waals surface area contributed by atoms with Crippen LogP contribution in [0.15, 0.2) is 36.9 Å². The van der Waals surface area contributed by atoms with Gasteiger partial charge in [0.15, 0.2) is 0 Å². The lowest BCUT2D eigenvalue weighted by Gasteiger charge is -2.16. The fourth-order valence-corrected chi connectivity index (χ4v) is 3.09. The number of anilines is 1. The van der Waals surface area contributed by atoms with Gasteiger partial charge in [0.25, 0.3) is 5.91 Å². The summed E-state index contributed by atoms with van der Waals surface area (Å²) in [5.74, 6) is -1.15. The smallest absolute Gasteiger partial charge is 0.345 e. The fraction of sp³-hybridized carbons (Fsp3) is 0.263. The van der Waals surface area contributed by atoms with E-state index in [4.69, 9.17) is 0 Å². The van der Waals surface area contributed by atoms with Crippen molar-refractivity contribution in [2.75, 3.05) is 11.9 Å². The number of amides is 1. The van der Waals surface area contributed by atoms with Crippen molar-refractivity contribution in [3.63, 3.8) is 0 Å². The van der Waals surface area contributed by atoms with Crippen molar-refractivity contribution in [1.29, 1.82) is 0 Å². The summed E-state index contributed by atoms with van der Waals surface area (Å²) in [6.07, 6.45) is -3.45. The standard InChI is InChI=1S/C19H15F6N7O/c1-9(19(23,24)25)30-16(33)13-7-29-32-3-2-10(4-14(13)32)11-5-26-15-12(11)6-27-17(31-15)28-8-18(20,21)22/h2-7,9H,8H2,1H3,(H,30,33)(H2,26,27,28,31). The van der Waals surface area contributed by atoms with Gasteiger partial charge in [0, 0.05) is 29.5 Å². The van der Waals surface area contributed by atoms with Gasteiger partial charge in [-0.25, -0.2) is 9.50 Å². The first-order valence-electron chi connectivity index (χ1n) is 9.42. The van der Waals surface area contributed by atoms with E-state index in [1.807, 2.05) is 5.32 Å². The van der Waals surface area contributed by atoms with Gasteiger partial charge in [-0.15, -0.1) is 0 Å². The highest BCUT2D eigenvalue weighted by Gasteiger charge is 2.37. The summed E-state index contributed by atoms with van der Waals surface area (Å²) >= 11 is 0. The zero-order chi connectivity index (χ0) is 24.0. The lowest BCUT2D eigenvalue weighted by Crippen LogP contribution is -2.43. The van der Waals surface area contributed by atoms with E-state index in [1.54, 1.807) is 18.3 Å². The second-order valence-electron chi connectivity index (χ2n) is 7.17. The Labute approximate surface area is 181 Å². The average molecular weight is 471 g/mol. The van der Waals surface area contributed by atoms with E-state index in [0.29, 0.717) is 16.5 Å². The first-order chi connectivity index (χ1) is 15.4. The van der Waals surface area contributed by atoms with Crippen molar-refractivity contribution < 1.29 is 31.1 Å². The number of aromatic amines is 1. The quantitative estimate of drug-likeness (QED) is 0.383. The molecule has 1 amide bonds. The molecular formula is C19H15F6N7O. The molecule has 4 heterocycles. The SMILES string of the molecule is CC(NC(=O)c1cnn2ccc(-c3c[nH]c4nc(NCC(F)(F)F)ncc34)cc12)C(F)(F)F. The highest BCUT2D eigenvalue weighted by atomic mass is 19.4. The van der Waals surface area contributed by atoms with Gasteiger partial charge in [0.1, 0.15) is 18.2 Å². The molecule has 0 spiro atoms. The summed E-state index contributed by atoms with van der Waals surface area (Å²) < 4.78 is 76.8. The van der Waals surface area contributed by atoms with Crippen molar-refractivity contribution in [3.05, 3.63) is 42.5 Å². The number of fused-ring (bicyclic) bond motifs is 2. The molecule has 33 heavy (non-hydrogen) atoms. The molecule has 0 aromatic carbocycles. The molecule has 0 aliphatic rings. The molecule has 1 unspecified atom stereocenters. The third-order valence-corrected chi connectivity index (χ3v) is 4.79. The van der Waals surface area contributed by atoms with Crippen LogP contribution in [0, 0.1) is 0 Å². The molecular weight excluding hydrogens is 456 g/mol. The Balaban J connectivity index is 1.65. The molecule has 174 valence electrons. The van der Waals surface area contributed by atoms with Gasteiger partial charge in [-0.3, -0.25) is 4.79 Å². The number of carbonyl (C=O) groups is 1. The molecule has 0 aliphatic carbocycles. The van der Waals surface area contributed by atoms with Gasteiger partial charge in [0.05, 0.1) is 17.3 Å². The summed E-state index contributed by atoms with van der Waals surface area (Å²) in [6, 6.07) is 1.16. The molecule has 0 radical (unpaired) electrons. The number of halogens is 6. The van der Waals surface area contributed by atoms with Crippen LogP contribution in [-0.2, 0) is 0 Å². The molecule has 4 rings (SSSR count). The number of nitrogens with zero attached hydrogens (tertiary/aromatic N) is 4. The van der Waals surface area contributed by atoms with Crippen LogP contribution in [0.3, 0.4) is 0 Å². The van der Waals surface area contributed by atoms with Crippen LogP contribution in [0.5, 0.6) is 0 Å². The molecule has 0 saturated heterocycles. The van der Waals surface area contributed by atoms with E-state index < -0.39 is 30.8 Å². The zero-order valence-electron chi connectivity index (χ0n) is 16.7. The first kappa shape index (κ1) is 22.4. The molecule has 4 aromatic rings. The van der Waals surface area contributed by atoms with E-state index in [-0.39, 0.29) is 22.7 Å². The Kier molecular flexibility index (Phi) is 5.38. The Morgan fingerprint density at radius 3 is 2.67 bits per heavy atom. The molecule has 8 nitrogen and oxygen atoms in total. The molecule has 4 aromatic heterocycles. The minimum atomic E-state index is -4.60. The monoisotopic (exact) mass is 471 g/mol. The highest BCUT2D eigenvalue weighted by Crippen LogP contribution is 2.30. The van der Waals surface area contributed by atoms with Crippen molar-refractivity contribution in [2.45, 2.75) is 25.3 Å². The minimum absolute atomic E-state index is 0.0531. The normalized spacial score (nSPS) is 13.4. The number of hydrogen-bond donors (Lipinski definition) is 3. The summed E-state index contributed by atoms with van der Waals surface area (Å²) in [4.78, 5) is 23.1. The number of hydrogen-bond acceptors (Lipinski definition) is 5. The third-order valence-electron chi connectivity index (χ3n) is 4.79. The van der Waals surface area contributed by atoms with E-state index in [9.17, 15) is 31.1 Å². The number of pyridine rings is 1. The number of nitrogens with one attached hydrogen (secondary N) is 3. The number of alkyl halides is 6. The van der Waals surface area contributed by atoms with Gasteiger partial charge in [-0.05, 0) is 24.6 Å². The van der Waals surface area contributed by atoms with Crippen molar-refractivity contribution in [1.82, 2.24) is 29.9 Å². The van der Waals surface area contributed by atoms with E-state index >= 15 is 0 Å². The van der Waals surface area contributed by atoms with Gasteiger partial charge in [-0.2, -0.15) is 36.4 Å². The summed E-state index contributed by atoms with van der Waals surface area (Å²) in [5.41, 5.74) is 1.62. The number of aromatic nitrogens is 5. The second kappa shape index (κ2) is 7.94. The lowest BCUT2D eigenvalue weighted by atomic mass is 10.1. The summed E-state index contributed by atoms with van der Waals surface area (Å²) in [6.45, 7) is -0.458. The maximum absolute atomic E-state index is 12.8. The Morgan fingerprint density at radius 2 is 1.97 bits per heavy atom. The van der Waals surface area contributed by atoms with Crippen molar-refractivity contribution in [2.24, 2.45) is 0 Å². The largest absolute Gasteiger partial charge is 0.408 e. The first-order valence-corrected chi connectivity index (χ1v) is 9.42. The molecule has 0 fully saturated rings. The lowest BCUT2D eigenvalue weighted by molar-refractivity contribution is -0.149. The van der Waals surface area contributed by atoms with Crippen LogP contribution >= 0.6 is 0 Å². The van der Waals surface area contributed by atoms with E-state index in [2.05, 4.69) is 25.4 Å². The maximum atomic E-state index is 12.8. The second-order valence-corrected chi connectivity index (χ2v) is 7.17. The predicted molar refractivity (Wildman–Crippen MR) is 106 cm³/mol. The minimum Gasteiger partial charge on any atom is -0.345 e. The van der Waals surface area contributed by atoms with Gasteiger partial charge < -0.3 is 15.6 Å². The Morgan fingerprint density at radius 1 is 1.21 bits per heavy atom. The van der Waals surface area contributed by atoms with Crippen LogP contribution in [0.1, 0.15) is 17.3 Å². The maximum Gasteiger partial charge on any atom is 0.408 e. The van der Waals surface area contributed by atoms with Gasteiger partial charge >= 0.3 is 12.4 Å². The molecule has 0 saturated carbocycles. The topological polar surface area (TPSA) is 100 Å². The molecule has 14 heteroatoms. The molecule has 1 atom stereocenters. The van der Waals surface area contributed by atoms with Crippen LogP contribution in [-0.4, -0.2) is 55.4 Å². The van der Waals surface area contributed by atoms with Crippen LogP contribution in [0.4, 0.5) is 32.3 Å². The number of carbonyl (C=O) groups excluding carboxylic acids is 1. The zero-order valence-corrected chi connectivity index (χ0v) is 16.7. The fourth-order valence-electron chi connectivity index (χ4n) is 3.09. The number of H-pyrrole nitrogens is 1. The number of rotatable bonds is 5. The molecule has 3 N–H and O–H groups in total. The van der Waals surface area contributed by atoms with Crippen molar-refractivity contribution in [3.8, 4) is 11.1 Å². The summed E-state index contributed by atoms with van der Waals surface area (Å²) in [5, 5.41) is 8.47. The third kappa shape index (κ3) is 4.68. The molecule has 0 bridgehead atoms. The van der Waals surface area contributed by atoms with Crippen molar-refractivity contribution >= 4 is 28.4 Å².